The van der Waals surface area contributed by atoms with Gasteiger partial charge in [-0.05, 0) is 29.1 Å². The summed E-state index contributed by atoms with van der Waals surface area (Å²) in [4.78, 5) is 42.1. The number of carbonyl (C=O) groups is 1. The summed E-state index contributed by atoms with van der Waals surface area (Å²) in [6.07, 6.45) is 0. The molecule has 2 aliphatic heterocycles. The number of ether oxygens (including phenoxy) is 1. The molecule has 6 rings (SSSR count). The number of non-ortho nitro benzene ring substituents is 1. The van der Waals surface area contributed by atoms with Gasteiger partial charge in [0.05, 0.1) is 35.1 Å². The molecule has 182 valence electrons. The molecular weight excluding hydrogens is 462 g/mol. The summed E-state index contributed by atoms with van der Waals surface area (Å²) in [6, 6.07) is 16.5. The summed E-state index contributed by atoms with van der Waals surface area (Å²) < 4.78 is 11.6. The predicted octanol–water partition coefficient (Wildman–Crippen LogP) is 3.73. The van der Waals surface area contributed by atoms with Crippen LogP contribution in [0.5, 0.6) is 0 Å². The molecule has 9 nitrogen and oxygen atoms in total. The van der Waals surface area contributed by atoms with E-state index < -0.39 is 11.0 Å². The van der Waals surface area contributed by atoms with Gasteiger partial charge in [0.1, 0.15) is 5.58 Å². The Morgan fingerprint density at radius 1 is 0.917 bits per heavy atom. The zero-order valence-corrected chi connectivity index (χ0v) is 19.4. The maximum atomic E-state index is 13.8. The smallest absolute Gasteiger partial charge is 0.290 e. The molecule has 1 aromatic heterocycles. The average molecular weight is 485 g/mol. The number of amides is 1. The van der Waals surface area contributed by atoms with E-state index in [1.165, 1.54) is 12.1 Å². The minimum Gasteiger partial charge on any atom is -0.450 e. The van der Waals surface area contributed by atoms with Crippen LogP contribution in [0.4, 0.5) is 5.69 Å². The highest BCUT2D eigenvalue weighted by atomic mass is 16.6. The largest absolute Gasteiger partial charge is 0.450 e. The molecule has 4 aromatic rings. The topological polar surface area (TPSA) is 106 Å². The van der Waals surface area contributed by atoms with Gasteiger partial charge in [0.25, 0.3) is 11.6 Å². The van der Waals surface area contributed by atoms with Crippen molar-refractivity contribution in [3.63, 3.8) is 0 Å². The first-order chi connectivity index (χ1) is 17.5. The van der Waals surface area contributed by atoms with Gasteiger partial charge in [0, 0.05) is 43.7 Å². The number of hydrogen-bond acceptors (Lipinski definition) is 7. The van der Waals surface area contributed by atoms with Crippen LogP contribution in [-0.4, -0.2) is 60.0 Å². The average Bonchev–Trinajstić information content (AvgIpc) is 3.19. The van der Waals surface area contributed by atoms with Gasteiger partial charge in [0.15, 0.2) is 5.43 Å². The van der Waals surface area contributed by atoms with Crippen LogP contribution in [0.15, 0.2) is 69.9 Å². The van der Waals surface area contributed by atoms with Crippen LogP contribution < -0.4 is 5.43 Å². The van der Waals surface area contributed by atoms with E-state index in [4.69, 9.17) is 9.15 Å². The van der Waals surface area contributed by atoms with Crippen LogP contribution >= 0.6 is 0 Å². The van der Waals surface area contributed by atoms with Crippen LogP contribution in [0.3, 0.4) is 0 Å². The fraction of sp³-hybridized carbons (Fsp3) is 0.259. The second kappa shape index (κ2) is 8.85. The summed E-state index contributed by atoms with van der Waals surface area (Å²) in [5.41, 5.74) is 0.978. The van der Waals surface area contributed by atoms with Gasteiger partial charge in [-0.25, -0.2) is 0 Å². The Morgan fingerprint density at radius 2 is 1.67 bits per heavy atom. The molecule has 0 aliphatic carbocycles. The summed E-state index contributed by atoms with van der Waals surface area (Å²) >= 11 is 0. The third-order valence-electron chi connectivity index (χ3n) is 7.04. The summed E-state index contributed by atoms with van der Waals surface area (Å²) in [5.74, 6) is -0.317. The van der Waals surface area contributed by atoms with Gasteiger partial charge in [0.2, 0.25) is 5.76 Å². The van der Waals surface area contributed by atoms with E-state index in [0.717, 1.165) is 23.9 Å². The van der Waals surface area contributed by atoms with Crippen molar-refractivity contribution in [3.05, 3.63) is 97.9 Å². The number of morpholine rings is 1. The van der Waals surface area contributed by atoms with Gasteiger partial charge in [-0.15, -0.1) is 0 Å². The van der Waals surface area contributed by atoms with Crippen LogP contribution in [0, 0.1) is 10.1 Å². The Kier molecular flexibility index (Phi) is 5.50. The monoisotopic (exact) mass is 485 g/mol. The van der Waals surface area contributed by atoms with Gasteiger partial charge >= 0.3 is 0 Å². The van der Waals surface area contributed by atoms with Gasteiger partial charge in [-0.2, -0.15) is 0 Å². The lowest BCUT2D eigenvalue weighted by Gasteiger charge is -2.31. The molecule has 1 unspecified atom stereocenters. The lowest BCUT2D eigenvalue weighted by atomic mass is 9.97. The third kappa shape index (κ3) is 3.64. The number of nitro groups is 1. The SMILES string of the molecule is O=C1c2oc3c(ccc4ccccc43)c(=O)c2C(c2ccc([N+](=O)[O-])cc2)N1CCN1CCOCC1. The zero-order valence-electron chi connectivity index (χ0n) is 19.4. The first-order valence-electron chi connectivity index (χ1n) is 11.9. The first-order valence-corrected chi connectivity index (χ1v) is 11.9. The van der Waals surface area contributed by atoms with Crippen molar-refractivity contribution in [1.29, 1.82) is 0 Å². The fourth-order valence-corrected chi connectivity index (χ4v) is 5.18. The Bertz CT molecular complexity index is 1560. The van der Waals surface area contributed by atoms with Crippen LogP contribution in [0.1, 0.15) is 27.7 Å². The van der Waals surface area contributed by atoms with Crippen molar-refractivity contribution in [2.75, 3.05) is 39.4 Å². The van der Waals surface area contributed by atoms with Crippen molar-refractivity contribution in [3.8, 4) is 0 Å². The molecule has 0 saturated carbocycles. The van der Waals surface area contributed by atoms with Gasteiger partial charge in [-0.1, -0.05) is 30.3 Å². The van der Waals surface area contributed by atoms with Crippen molar-refractivity contribution in [2.45, 2.75) is 6.04 Å². The summed E-state index contributed by atoms with van der Waals surface area (Å²) in [5, 5.41) is 13.3. The van der Waals surface area contributed by atoms with E-state index in [-0.39, 0.29) is 28.3 Å². The number of fused-ring (bicyclic) bond motifs is 4. The van der Waals surface area contributed by atoms with Gasteiger partial charge in [-0.3, -0.25) is 24.6 Å². The zero-order chi connectivity index (χ0) is 24.8. The maximum absolute atomic E-state index is 13.8. The molecule has 36 heavy (non-hydrogen) atoms. The van der Waals surface area contributed by atoms with Crippen LogP contribution in [0.2, 0.25) is 0 Å². The molecule has 0 radical (unpaired) electrons. The lowest BCUT2D eigenvalue weighted by molar-refractivity contribution is -0.384. The molecule has 9 heteroatoms. The quantitative estimate of drug-likeness (QED) is 0.241. The minimum atomic E-state index is -0.693. The molecule has 2 aliphatic rings. The van der Waals surface area contributed by atoms with Crippen molar-refractivity contribution in [2.24, 2.45) is 0 Å². The predicted molar refractivity (Wildman–Crippen MR) is 133 cm³/mol. The molecule has 1 amide bonds. The highest BCUT2D eigenvalue weighted by Gasteiger charge is 2.43. The summed E-state index contributed by atoms with van der Waals surface area (Å²) in [6.45, 7) is 3.80. The third-order valence-corrected chi connectivity index (χ3v) is 7.04. The lowest BCUT2D eigenvalue weighted by Crippen LogP contribution is -2.42. The van der Waals surface area contributed by atoms with E-state index in [1.54, 1.807) is 23.1 Å². The molecule has 0 bridgehead atoms. The molecule has 1 fully saturated rings. The Hall–Kier alpha value is -4.08. The van der Waals surface area contributed by atoms with Crippen LogP contribution in [-0.2, 0) is 4.74 Å². The molecule has 1 saturated heterocycles. The Morgan fingerprint density at radius 3 is 2.42 bits per heavy atom. The number of rotatable bonds is 5. The number of carbonyl (C=O) groups excluding carboxylic acids is 1. The molecule has 0 N–H and O–H groups in total. The number of hydrogen-bond donors (Lipinski definition) is 0. The van der Waals surface area contributed by atoms with E-state index >= 15 is 0 Å². The summed E-state index contributed by atoms with van der Waals surface area (Å²) in [7, 11) is 0. The molecule has 3 aromatic carbocycles. The Balaban J connectivity index is 1.49. The van der Waals surface area contributed by atoms with Crippen molar-refractivity contribution in [1.82, 2.24) is 9.80 Å². The normalized spacial score (nSPS) is 18.2. The minimum absolute atomic E-state index is 0.0363. The fourth-order valence-electron chi connectivity index (χ4n) is 5.18. The van der Waals surface area contributed by atoms with Gasteiger partial charge < -0.3 is 14.1 Å². The Labute approximate surface area is 205 Å². The number of nitrogens with zero attached hydrogens (tertiary/aromatic N) is 3. The number of nitro benzene ring substituents is 1. The van der Waals surface area contributed by atoms with E-state index in [9.17, 15) is 19.7 Å². The highest BCUT2D eigenvalue weighted by Crippen LogP contribution is 2.39. The first kappa shape index (κ1) is 22.4. The molecular formula is C27H23N3O6. The van der Waals surface area contributed by atoms with Crippen LogP contribution in [0.25, 0.3) is 21.7 Å². The maximum Gasteiger partial charge on any atom is 0.290 e. The highest BCUT2D eigenvalue weighted by molar-refractivity contribution is 6.06. The van der Waals surface area contributed by atoms with E-state index in [2.05, 4.69) is 4.90 Å². The number of benzene rings is 3. The molecule has 0 spiro atoms. The second-order valence-electron chi connectivity index (χ2n) is 9.04. The second-order valence-corrected chi connectivity index (χ2v) is 9.04. The van der Waals surface area contributed by atoms with E-state index in [0.29, 0.717) is 42.8 Å². The van der Waals surface area contributed by atoms with Crippen molar-refractivity contribution < 1.29 is 18.9 Å². The standard InChI is InChI=1S/C27H23N3O6/c31-24-21-10-7-17-3-1-2-4-20(17)25(21)36-26-22(24)23(18-5-8-19(9-6-18)30(33)34)29(27(26)32)12-11-28-13-15-35-16-14-28/h1-10,23H,11-16H2. The van der Waals surface area contributed by atoms with E-state index in [1.807, 2.05) is 30.3 Å². The molecule has 3 heterocycles. The van der Waals surface area contributed by atoms with Crippen molar-refractivity contribution >= 4 is 33.3 Å². The molecule has 1 atom stereocenters.